The zero-order valence-corrected chi connectivity index (χ0v) is 10.0. The highest BCUT2D eigenvalue weighted by atomic mass is 15.5. The third-order valence-electron chi connectivity index (χ3n) is 4.31. The van der Waals surface area contributed by atoms with Gasteiger partial charge in [0.25, 0.3) is 0 Å². The van der Waals surface area contributed by atoms with Crippen LogP contribution >= 0.6 is 0 Å². The summed E-state index contributed by atoms with van der Waals surface area (Å²) < 4.78 is 2.55. The monoisotopic (exact) mass is 186 g/mol. The summed E-state index contributed by atoms with van der Waals surface area (Å²) >= 11 is 0. The molecule has 1 fully saturated rings. The van der Waals surface area contributed by atoms with Crippen molar-refractivity contribution in [3.05, 3.63) is 0 Å². The van der Waals surface area contributed by atoms with Crippen molar-refractivity contribution in [2.24, 2.45) is 0 Å². The van der Waals surface area contributed by atoms with E-state index < -0.39 is 0 Å². The van der Waals surface area contributed by atoms with Crippen LogP contribution in [0.1, 0.15) is 20.8 Å². The van der Waals surface area contributed by atoms with Crippen LogP contribution in [0.5, 0.6) is 0 Å². The lowest BCUT2D eigenvalue weighted by atomic mass is 10.1. The van der Waals surface area contributed by atoms with Crippen LogP contribution in [0.25, 0.3) is 0 Å². The highest BCUT2D eigenvalue weighted by molar-refractivity contribution is 4.52. The second kappa shape index (κ2) is 3.58. The average molecular weight is 186 g/mol. The lowest BCUT2D eigenvalue weighted by Gasteiger charge is -2.48. The number of nitrogens with zero attached hydrogens (tertiary/aromatic N) is 2. The molecular formula is C11H26N2+2. The largest absolute Gasteiger partial charge is 0.317 e. The Morgan fingerprint density at radius 2 is 1.46 bits per heavy atom. The molecule has 0 aliphatic carbocycles. The maximum absolute atomic E-state index is 2.41. The molecule has 1 heterocycles. The first-order valence-electron chi connectivity index (χ1n) is 5.60. The summed E-state index contributed by atoms with van der Waals surface area (Å²) in [4.78, 5) is 0. The van der Waals surface area contributed by atoms with Gasteiger partial charge >= 0.3 is 0 Å². The maximum Gasteiger partial charge on any atom is 0.129 e. The quantitative estimate of drug-likeness (QED) is 0.571. The number of hydrogen-bond acceptors (Lipinski definition) is 0. The smallest absolute Gasteiger partial charge is 0.129 e. The first-order valence-corrected chi connectivity index (χ1v) is 5.60. The molecule has 0 atom stereocenters. The van der Waals surface area contributed by atoms with Crippen LogP contribution in [0, 0.1) is 0 Å². The van der Waals surface area contributed by atoms with Crippen molar-refractivity contribution in [3.63, 3.8) is 0 Å². The van der Waals surface area contributed by atoms with E-state index in [1.54, 1.807) is 0 Å². The molecule has 0 unspecified atom stereocenters. The van der Waals surface area contributed by atoms with Gasteiger partial charge in [0, 0.05) is 0 Å². The predicted molar refractivity (Wildman–Crippen MR) is 57.5 cm³/mol. The van der Waals surface area contributed by atoms with Crippen LogP contribution in [0.4, 0.5) is 0 Å². The van der Waals surface area contributed by atoms with Gasteiger partial charge in [-0.25, -0.2) is 0 Å². The molecule has 0 N–H and O–H groups in total. The van der Waals surface area contributed by atoms with Crippen LogP contribution in [0.2, 0.25) is 0 Å². The van der Waals surface area contributed by atoms with E-state index in [9.17, 15) is 0 Å². The summed E-state index contributed by atoms with van der Waals surface area (Å²) in [5.41, 5.74) is 0. The second-order valence-corrected chi connectivity index (χ2v) is 5.40. The molecule has 2 heteroatoms. The minimum absolute atomic E-state index is 0.783. The average Bonchev–Trinajstić information content (AvgIpc) is 2.11. The molecule has 13 heavy (non-hydrogen) atoms. The highest BCUT2D eigenvalue weighted by Gasteiger charge is 2.37. The van der Waals surface area contributed by atoms with E-state index >= 15 is 0 Å². The highest BCUT2D eigenvalue weighted by Crippen LogP contribution is 2.18. The molecule has 0 amide bonds. The van der Waals surface area contributed by atoms with E-state index in [1.807, 2.05) is 0 Å². The Bertz CT molecular complexity index is 167. The molecule has 0 spiro atoms. The fraction of sp³-hybridized carbons (Fsp3) is 1.00. The molecule has 1 saturated heterocycles. The van der Waals surface area contributed by atoms with Gasteiger partial charge in [0.05, 0.1) is 26.7 Å². The standard InChI is InChI=1S/C11H26N2/c1-6-12(4)7-9-13(5,10-8-12)11(2)3/h11H,6-10H2,1-5H3/q+2. The minimum atomic E-state index is 0.783. The normalized spacial score (nSPS) is 41.1. The van der Waals surface area contributed by atoms with Crippen LogP contribution in [0.3, 0.4) is 0 Å². The topological polar surface area (TPSA) is 0 Å². The lowest BCUT2D eigenvalue weighted by Crippen LogP contribution is -2.65. The summed E-state index contributed by atoms with van der Waals surface area (Å²) in [5.74, 6) is 0. The molecule has 1 rings (SSSR count). The lowest BCUT2D eigenvalue weighted by molar-refractivity contribution is -1.02. The molecule has 0 aromatic rings. The number of quaternary nitrogens is 2. The number of hydrogen-bond donors (Lipinski definition) is 0. The molecule has 0 radical (unpaired) electrons. The SMILES string of the molecule is CC[N+]1(C)CC[N+](C)(C(C)C)CC1. The summed E-state index contributed by atoms with van der Waals surface area (Å²) in [7, 11) is 4.80. The number of rotatable bonds is 2. The Morgan fingerprint density at radius 1 is 1.00 bits per heavy atom. The van der Waals surface area contributed by atoms with Gasteiger partial charge < -0.3 is 8.97 Å². The van der Waals surface area contributed by atoms with E-state index in [0.29, 0.717) is 0 Å². The first-order chi connectivity index (χ1) is 5.92. The maximum atomic E-state index is 2.41. The fourth-order valence-corrected chi connectivity index (χ4v) is 2.00. The molecule has 0 bridgehead atoms. The van der Waals surface area contributed by atoms with Crippen molar-refractivity contribution in [2.75, 3.05) is 46.8 Å². The van der Waals surface area contributed by atoms with E-state index in [-0.39, 0.29) is 0 Å². The number of piperazine rings is 1. The Hall–Kier alpha value is -0.0800. The van der Waals surface area contributed by atoms with Gasteiger partial charge in [-0.2, -0.15) is 0 Å². The molecule has 1 aliphatic rings. The molecule has 78 valence electrons. The van der Waals surface area contributed by atoms with Crippen molar-refractivity contribution in [1.29, 1.82) is 0 Å². The van der Waals surface area contributed by atoms with Gasteiger partial charge in [0.15, 0.2) is 0 Å². The van der Waals surface area contributed by atoms with Gasteiger partial charge in [-0.05, 0) is 20.8 Å². The van der Waals surface area contributed by atoms with Crippen LogP contribution in [-0.4, -0.2) is 61.8 Å². The first kappa shape index (κ1) is 11.0. The predicted octanol–water partition coefficient (Wildman–Crippen LogP) is 1.32. The molecule has 0 aromatic heterocycles. The molecule has 1 aliphatic heterocycles. The molecule has 0 saturated carbocycles. The van der Waals surface area contributed by atoms with Crippen LogP contribution in [-0.2, 0) is 0 Å². The van der Waals surface area contributed by atoms with Gasteiger partial charge in [-0.3, -0.25) is 0 Å². The van der Waals surface area contributed by atoms with E-state index in [1.165, 1.54) is 41.7 Å². The second-order valence-electron chi connectivity index (χ2n) is 5.40. The van der Waals surface area contributed by atoms with Crippen molar-refractivity contribution >= 4 is 0 Å². The van der Waals surface area contributed by atoms with E-state index in [2.05, 4.69) is 34.9 Å². The van der Waals surface area contributed by atoms with Crippen molar-refractivity contribution < 1.29 is 8.97 Å². The minimum Gasteiger partial charge on any atom is -0.317 e. The summed E-state index contributed by atoms with van der Waals surface area (Å²) in [6.07, 6.45) is 0. The summed E-state index contributed by atoms with van der Waals surface area (Å²) in [5, 5.41) is 0. The molecular weight excluding hydrogens is 160 g/mol. The summed E-state index contributed by atoms with van der Waals surface area (Å²) in [6, 6.07) is 0.783. The van der Waals surface area contributed by atoms with Crippen molar-refractivity contribution in [3.8, 4) is 0 Å². The van der Waals surface area contributed by atoms with Gasteiger partial charge in [-0.15, -0.1) is 0 Å². The number of likely N-dealkylation sites (N-methyl/N-ethyl adjacent to an activating group) is 2. The third kappa shape index (κ3) is 2.23. The van der Waals surface area contributed by atoms with Crippen molar-refractivity contribution in [2.45, 2.75) is 26.8 Å². The Kier molecular flexibility index (Phi) is 3.03. The van der Waals surface area contributed by atoms with Gasteiger partial charge in [0.2, 0.25) is 0 Å². The molecule has 2 nitrogen and oxygen atoms in total. The van der Waals surface area contributed by atoms with Crippen molar-refractivity contribution in [1.82, 2.24) is 0 Å². The van der Waals surface area contributed by atoms with Gasteiger partial charge in [0.1, 0.15) is 26.2 Å². The Morgan fingerprint density at radius 3 is 1.77 bits per heavy atom. The van der Waals surface area contributed by atoms with E-state index in [0.717, 1.165) is 6.04 Å². The third-order valence-corrected chi connectivity index (χ3v) is 4.31. The Labute approximate surface area is 83.3 Å². The van der Waals surface area contributed by atoms with Crippen LogP contribution in [0.15, 0.2) is 0 Å². The zero-order chi connectivity index (χ0) is 10.1. The fourth-order valence-electron chi connectivity index (χ4n) is 2.00. The molecule has 0 aromatic carbocycles. The summed E-state index contributed by atoms with van der Waals surface area (Å²) in [6.45, 7) is 13.7. The van der Waals surface area contributed by atoms with E-state index in [4.69, 9.17) is 0 Å². The Balaban J connectivity index is 2.56. The van der Waals surface area contributed by atoms with Crippen LogP contribution < -0.4 is 0 Å². The zero-order valence-electron chi connectivity index (χ0n) is 10.0. The van der Waals surface area contributed by atoms with Gasteiger partial charge in [-0.1, -0.05) is 0 Å².